The molecule has 1 aliphatic carbocycles. The number of nitrogens with one attached hydrogen (secondary N) is 2. The normalized spacial score (nSPS) is 20.7. The fraction of sp³-hybridized carbons (Fsp3) is 0.600. The molecule has 3 N–H and O–H groups in total. The molecule has 1 saturated carbocycles. The van der Waals surface area contributed by atoms with E-state index in [1.54, 1.807) is 6.07 Å². The highest BCUT2D eigenvalue weighted by Crippen LogP contribution is 2.25. The van der Waals surface area contributed by atoms with Gasteiger partial charge in [-0.25, -0.2) is 4.79 Å². The summed E-state index contributed by atoms with van der Waals surface area (Å²) in [6.07, 6.45) is 1.90. The fourth-order valence-corrected chi connectivity index (χ4v) is 2.75. The lowest BCUT2D eigenvalue weighted by molar-refractivity contribution is -0.139. The van der Waals surface area contributed by atoms with Crippen molar-refractivity contribution in [1.29, 1.82) is 0 Å². The number of aliphatic carboxylic acids is 1. The number of hydrogen-bond donors (Lipinski definition) is 3. The number of carbonyl (C=O) groups excluding carboxylic acids is 1. The Bertz CT molecular complexity index is 523. The number of rotatable bonds is 8. The first kappa shape index (κ1) is 16.5. The molecule has 0 unspecified atom stereocenters. The SMILES string of the molecule is CCN(CC(=O)O)C1CC(NCc2ccc(C(=O)OC)[nH]2)C1. The molecular formula is C15H23N3O4. The van der Waals surface area contributed by atoms with Crippen LogP contribution in [0.3, 0.4) is 0 Å². The molecule has 2 rings (SSSR count). The first-order valence-corrected chi connectivity index (χ1v) is 7.49. The van der Waals surface area contributed by atoms with Crippen LogP contribution in [0, 0.1) is 0 Å². The Morgan fingerprint density at radius 1 is 1.45 bits per heavy atom. The average Bonchev–Trinajstić information content (AvgIpc) is 2.91. The second-order valence-electron chi connectivity index (χ2n) is 5.55. The maximum absolute atomic E-state index is 11.3. The number of carbonyl (C=O) groups is 2. The van der Waals surface area contributed by atoms with E-state index in [1.165, 1.54) is 7.11 Å². The molecule has 1 aromatic rings. The van der Waals surface area contributed by atoms with Gasteiger partial charge < -0.3 is 20.1 Å². The van der Waals surface area contributed by atoms with Gasteiger partial charge in [0, 0.05) is 24.3 Å². The van der Waals surface area contributed by atoms with Crippen LogP contribution in [0.15, 0.2) is 12.1 Å². The minimum atomic E-state index is -0.778. The Morgan fingerprint density at radius 3 is 2.77 bits per heavy atom. The van der Waals surface area contributed by atoms with Gasteiger partial charge in [-0.15, -0.1) is 0 Å². The average molecular weight is 309 g/mol. The van der Waals surface area contributed by atoms with Gasteiger partial charge in [-0.3, -0.25) is 9.69 Å². The number of carboxylic acids is 1. The standard InChI is InChI=1S/C15H23N3O4/c1-3-18(9-14(19)20)12-6-11(7-12)16-8-10-4-5-13(17-10)15(21)22-2/h4-5,11-12,16-17H,3,6-9H2,1-2H3,(H,19,20). The topological polar surface area (TPSA) is 94.7 Å². The minimum Gasteiger partial charge on any atom is -0.480 e. The predicted octanol–water partition coefficient (Wildman–Crippen LogP) is 0.828. The van der Waals surface area contributed by atoms with Crippen molar-refractivity contribution in [3.8, 4) is 0 Å². The molecule has 1 aliphatic rings. The first-order chi connectivity index (χ1) is 10.5. The summed E-state index contributed by atoms with van der Waals surface area (Å²) < 4.78 is 4.65. The largest absolute Gasteiger partial charge is 0.480 e. The van der Waals surface area contributed by atoms with Crippen LogP contribution in [0.5, 0.6) is 0 Å². The lowest BCUT2D eigenvalue weighted by atomic mass is 9.85. The van der Waals surface area contributed by atoms with Crippen LogP contribution in [0.4, 0.5) is 0 Å². The molecule has 0 amide bonds. The van der Waals surface area contributed by atoms with Crippen LogP contribution in [-0.2, 0) is 16.1 Å². The molecule has 7 heteroatoms. The fourth-order valence-electron chi connectivity index (χ4n) is 2.75. The number of nitrogens with zero attached hydrogens (tertiary/aromatic N) is 1. The van der Waals surface area contributed by atoms with Crippen LogP contribution < -0.4 is 5.32 Å². The van der Waals surface area contributed by atoms with Crippen LogP contribution >= 0.6 is 0 Å². The smallest absolute Gasteiger partial charge is 0.354 e. The molecule has 0 saturated heterocycles. The van der Waals surface area contributed by atoms with Crippen molar-refractivity contribution in [2.45, 2.75) is 38.4 Å². The van der Waals surface area contributed by atoms with E-state index in [2.05, 4.69) is 15.0 Å². The third-order valence-electron chi connectivity index (χ3n) is 4.11. The number of likely N-dealkylation sites (N-methyl/N-ethyl adjacent to an activating group) is 1. The zero-order valence-electron chi connectivity index (χ0n) is 13.0. The van der Waals surface area contributed by atoms with E-state index < -0.39 is 5.97 Å². The van der Waals surface area contributed by atoms with Gasteiger partial charge in [0.2, 0.25) is 0 Å². The van der Waals surface area contributed by atoms with Gasteiger partial charge in [0.05, 0.1) is 13.7 Å². The third-order valence-corrected chi connectivity index (χ3v) is 4.11. The molecule has 7 nitrogen and oxygen atoms in total. The first-order valence-electron chi connectivity index (χ1n) is 7.49. The number of ether oxygens (including phenoxy) is 1. The van der Waals surface area contributed by atoms with Gasteiger partial charge in [-0.05, 0) is 31.5 Å². The van der Waals surface area contributed by atoms with Crippen LogP contribution in [-0.4, -0.2) is 59.2 Å². The van der Waals surface area contributed by atoms with E-state index in [9.17, 15) is 9.59 Å². The summed E-state index contributed by atoms with van der Waals surface area (Å²) in [6.45, 7) is 3.49. The minimum absolute atomic E-state index is 0.104. The van der Waals surface area contributed by atoms with Gasteiger partial charge in [0.15, 0.2) is 0 Å². The highest BCUT2D eigenvalue weighted by molar-refractivity contribution is 5.87. The summed E-state index contributed by atoms with van der Waals surface area (Å²) in [5, 5.41) is 12.3. The number of methoxy groups -OCH3 is 1. The Labute approximate surface area is 129 Å². The molecule has 22 heavy (non-hydrogen) atoms. The molecule has 0 aromatic carbocycles. The summed E-state index contributed by atoms with van der Waals surface area (Å²) >= 11 is 0. The van der Waals surface area contributed by atoms with E-state index in [0.29, 0.717) is 24.3 Å². The molecule has 0 aliphatic heterocycles. The summed E-state index contributed by atoms with van der Waals surface area (Å²) in [5.74, 6) is -1.15. The summed E-state index contributed by atoms with van der Waals surface area (Å²) in [7, 11) is 1.35. The zero-order chi connectivity index (χ0) is 16.1. The third kappa shape index (κ3) is 4.08. The summed E-state index contributed by atoms with van der Waals surface area (Å²) in [5.41, 5.74) is 1.38. The molecular weight excluding hydrogens is 286 g/mol. The molecule has 1 aromatic heterocycles. The van der Waals surface area contributed by atoms with Gasteiger partial charge in [-0.2, -0.15) is 0 Å². The van der Waals surface area contributed by atoms with E-state index in [4.69, 9.17) is 5.11 Å². The van der Waals surface area contributed by atoms with Crippen molar-refractivity contribution in [2.24, 2.45) is 0 Å². The van der Waals surface area contributed by atoms with Gasteiger partial charge in [0.1, 0.15) is 5.69 Å². The second-order valence-corrected chi connectivity index (χ2v) is 5.55. The molecule has 1 fully saturated rings. The summed E-state index contributed by atoms with van der Waals surface area (Å²) in [4.78, 5) is 27.1. The number of carboxylic acid groups (broad SMARTS) is 1. The Hall–Kier alpha value is -1.86. The Kier molecular flexibility index (Phi) is 5.57. The molecule has 0 radical (unpaired) electrons. The van der Waals surface area contributed by atoms with Crippen LogP contribution in [0.1, 0.15) is 35.9 Å². The lowest BCUT2D eigenvalue weighted by Crippen LogP contribution is -2.53. The maximum Gasteiger partial charge on any atom is 0.354 e. The van der Waals surface area contributed by atoms with Gasteiger partial charge in [0.25, 0.3) is 0 Å². The highest BCUT2D eigenvalue weighted by Gasteiger charge is 2.33. The lowest BCUT2D eigenvalue weighted by Gasteiger charge is -2.42. The van der Waals surface area contributed by atoms with Crippen molar-refractivity contribution in [2.75, 3.05) is 20.2 Å². The maximum atomic E-state index is 11.3. The predicted molar refractivity (Wildman–Crippen MR) is 80.7 cm³/mol. The monoisotopic (exact) mass is 309 g/mol. The van der Waals surface area contributed by atoms with E-state index in [1.807, 2.05) is 17.9 Å². The van der Waals surface area contributed by atoms with Crippen molar-refractivity contribution in [3.63, 3.8) is 0 Å². The zero-order valence-corrected chi connectivity index (χ0v) is 13.0. The molecule has 1 heterocycles. The second kappa shape index (κ2) is 7.42. The highest BCUT2D eigenvalue weighted by atomic mass is 16.5. The summed E-state index contributed by atoms with van der Waals surface area (Å²) in [6, 6.07) is 4.29. The van der Waals surface area contributed by atoms with E-state index in [0.717, 1.165) is 25.1 Å². The van der Waals surface area contributed by atoms with Gasteiger partial charge in [-0.1, -0.05) is 6.92 Å². The van der Waals surface area contributed by atoms with Crippen molar-refractivity contribution in [3.05, 3.63) is 23.5 Å². The van der Waals surface area contributed by atoms with Crippen molar-refractivity contribution < 1.29 is 19.4 Å². The molecule has 0 spiro atoms. The number of esters is 1. The quantitative estimate of drug-likeness (QED) is 0.616. The van der Waals surface area contributed by atoms with Crippen LogP contribution in [0.25, 0.3) is 0 Å². The molecule has 122 valence electrons. The van der Waals surface area contributed by atoms with E-state index >= 15 is 0 Å². The molecule has 0 atom stereocenters. The number of H-pyrrole nitrogens is 1. The van der Waals surface area contributed by atoms with E-state index in [-0.39, 0.29) is 12.5 Å². The number of aromatic amines is 1. The van der Waals surface area contributed by atoms with Crippen LogP contribution in [0.2, 0.25) is 0 Å². The number of hydrogen-bond acceptors (Lipinski definition) is 5. The van der Waals surface area contributed by atoms with Crippen molar-refractivity contribution >= 4 is 11.9 Å². The Morgan fingerprint density at radius 2 is 2.18 bits per heavy atom. The molecule has 0 bridgehead atoms. The Balaban J connectivity index is 1.73. The number of aromatic nitrogens is 1. The van der Waals surface area contributed by atoms with Crippen molar-refractivity contribution in [1.82, 2.24) is 15.2 Å². The van der Waals surface area contributed by atoms with Gasteiger partial charge >= 0.3 is 11.9 Å².